The van der Waals surface area contributed by atoms with E-state index in [9.17, 15) is 9.59 Å². The Morgan fingerprint density at radius 1 is 1.14 bits per heavy atom. The Morgan fingerprint density at radius 2 is 2.00 bits per heavy atom. The van der Waals surface area contributed by atoms with Crippen LogP contribution in [0.15, 0.2) is 73.2 Å². The van der Waals surface area contributed by atoms with E-state index in [2.05, 4.69) is 15.5 Å². The standard InChI is InChI=1S/C28H30N6O3/c1-37-19-25-11-6-14-33(25)26(35)13-12-23-18-34(24-9-3-2-4-10-24)28(31-23)32-27(36)21-8-5-7-20(15-21)22-16-29-30-17-22/h2-5,7-10,15-18,25H,6,11-14,19H2,1H3,(H,29,30)(H,31,32,36). The van der Waals surface area contributed by atoms with Crippen LogP contribution in [0, 0.1) is 0 Å². The molecule has 2 N–H and O–H groups in total. The topological polar surface area (TPSA) is 105 Å². The van der Waals surface area contributed by atoms with Gasteiger partial charge in [-0.2, -0.15) is 5.10 Å². The average molecular weight is 499 g/mol. The summed E-state index contributed by atoms with van der Waals surface area (Å²) in [6.45, 7) is 1.33. The first-order valence-corrected chi connectivity index (χ1v) is 12.4. The second-order valence-corrected chi connectivity index (χ2v) is 9.12. The fourth-order valence-electron chi connectivity index (χ4n) is 4.75. The molecule has 1 aliphatic heterocycles. The van der Waals surface area contributed by atoms with E-state index in [-0.39, 0.29) is 17.9 Å². The normalized spacial score (nSPS) is 15.2. The van der Waals surface area contributed by atoms with Gasteiger partial charge in [0.2, 0.25) is 11.9 Å². The zero-order chi connectivity index (χ0) is 25.6. The highest BCUT2D eigenvalue weighted by molar-refractivity contribution is 6.04. The fraction of sp³-hybridized carbons (Fsp3) is 0.286. The fourth-order valence-corrected chi connectivity index (χ4v) is 4.75. The van der Waals surface area contributed by atoms with Gasteiger partial charge in [-0.25, -0.2) is 4.98 Å². The molecule has 9 nitrogen and oxygen atoms in total. The highest BCUT2D eigenvalue weighted by Crippen LogP contribution is 2.23. The van der Waals surface area contributed by atoms with Crippen molar-refractivity contribution in [3.05, 3.63) is 84.4 Å². The zero-order valence-electron chi connectivity index (χ0n) is 20.8. The van der Waals surface area contributed by atoms with E-state index in [4.69, 9.17) is 9.72 Å². The Bertz CT molecular complexity index is 1350. The summed E-state index contributed by atoms with van der Waals surface area (Å²) in [5, 5.41) is 9.74. The summed E-state index contributed by atoms with van der Waals surface area (Å²) in [4.78, 5) is 32.7. The number of imidazole rings is 1. The lowest BCUT2D eigenvalue weighted by Crippen LogP contribution is -2.38. The maximum atomic E-state index is 13.2. The van der Waals surface area contributed by atoms with Crippen LogP contribution in [-0.2, 0) is 16.0 Å². The molecule has 1 saturated heterocycles. The number of carbonyl (C=O) groups excluding carboxylic acids is 2. The minimum absolute atomic E-state index is 0.107. The zero-order valence-corrected chi connectivity index (χ0v) is 20.8. The number of rotatable bonds is 9. The van der Waals surface area contributed by atoms with Crippen molar-refractivity contribution in [3.63, 3.8) is 0 Å². The number of likely N-dealkylation sites (tertiary alicyclic amines) is 1. The van der Waals surface area contributed by atoms with Crippen molar-refractivity contribution in [1.82, 2.24) is 24.6 Å². The third kappa shape index (κ3) is 5.62. The van der Waals surface area contributed by atoms with Gasteiger partial charge in [0.25, 0.3) is 5.91 Å². The van der Waals surface area contributed by atoms with E-state index in [1.807, 2.05) is 64.2 Å². The Kier molecular flexibility index (Phi) is 7.41. The molecule has 1 aliphatic rings. The molecule has 0 saturated carbocycles. The molecule has 2 amide bonds. The summed E-state index contributed by atoms with van der Waals surface area (Å²) in [6, 6.07) is 17.2. The highest BCUT2D eigenvalue weighted by Gasteiger charge is 2.28. The number of para-hydroxylation sites is 1. The van der Waals surface area contributed by atoms with Gasteiger partial charge >= 0.3 is 0 Å². The third-order valence-corrected chi connectivity index (χ3v) is 6.62. The van der Waals surface area contributed by atoms with Gasteiger partial charge < -0.3 is 9.64 Å². The Morgan fingerprint density at radius 3 is 2.78 bits per heavy atom. The van der Waals surface area contributed by atoms with Crippen LogP contribution < -0.4 is 5.32 Å². The van der Waals surface area contributed by atoms with Crippen LogP contribution in [-0.4, -0.2) is 62.8 Å². The Hall–Kier alpha value is -4.24. The van der Waals surface area contributed by atoms with Crippen LogP contribution >= 0.6 is 0 Å². The van der Waals surface area contributed by atoms with Crippen LogP contribution in [0.5, 0.6) is 0 Å². The second kappa shape index (κ2) is 11.2. The van der Waals surface area contributed by atoms with Crippen molar-refractivity contribution < 1.29 is 14.3 Å². The minimum atomic E-state index is -0.268. The number of carbonyl (C=O) groups is 2. The van der Waals surface area contributed by atoms with Crippen molar-refractivity contribution in [3.8, 4) is 16.8 Å². The van der Waals surface area contributed by atoms with Gasteiger partial charge in [-0.05, 0) is 42.7 Å². The van der Waals surface area contributed by atoms with Crippen LogP contribution in [0.2, 0.25) is 0 Å². The molecule has 2 aromatic carbocycles. The number of methoxy groups -OCH3 is 1. The van der Waals surface area contributed by atoms with Crippen molar-refractivity contribution in [1.29, 1.82) is 0 Å². The number of nitrogens with zero attached hydrogens (tertiary/aromatic N) is 4. The molecule has 4 aromatic rings. The van der Waals surface area contributed by atoms with Crippen LogP contribution in [0.25, 0.3) is 16.8 Å². The number of nitrogens with one attached hydrogen (secondary N) is 2. The van der Waals surface area contributed by atoms with Crippen molar-refractivity contribution in [2.24, 2.45) is 0 Å². The number of ether oxygens (including phenoxy) is 1. The van der Waals surface area contributed by atoms with Gasteiger partial charge in [0.05, 0.1) is 24.5 Å². The van der Waals surface area contributed by atoms with Crippen LogP contribution in [0.4, 0.5) is 5.95 Å². The molecule has 0 bridgehead atoms. The maximum Gasteiger partial charge on any atom is 0.258 e. The Balaban J connectivity index is 1.34. The number of hydrogen-bond donors (Lipinski definition) is 2. The quantitative estimate of drug-likeness (QED) is 0.362. The third-order valence-electron chi connectivity index (χ3n) is 6.62. The first kappa shape index (κ1) is 24.5. The molecule has 0 radical (unpaired) electrons. The number of hydrogen-bond acceptors (Lipinski definition) is 5. The van der Waals surface area contributed by atoms with Crippen molar-refractivity contribution in [2.45, 2.75) is 31.7 Å². The smallest absolute Gasteiger partial charge is 0.258 e. The molecule has 190 valence electrons. The van der Waals surface area contributed by atoms with Gasteiger partial charge in [0.15, 0.2) is 0 Å². The van der Waals surface area contributed by atoms with Crippen LogP contribution in [0.1, 0.15) is 35.3 Å². The van der Waals surface area contributed by atoms with E-state index in [0.717, 1.165) is 41.9 Å². The number of amides is 2. The molecule has 0 spiro atoms. The van der Waals surface area contributed by atoms with E-state index >= 15 is 0 Å². The molecule has 37 heavy (non-hydrogen) atoms. The van der Waals surface area contributed by atoms with Gasteiger partial charge in [0.1, 0.15) is 0 Å². The number of aryl methyl sites for hydroxylation is 1. The van der Waals surface area contributed by atoms with E-state index < -0.39 is 0 Å². The Labute approximate surface area is 215 Å². The molecule has 5 rings (SSSR count). The molecular weight excluding hydrogens is 468 g/mol. The summed E-state index contributed by atoms with van der Waals surface area (Å²) < 4.78 is 7.13. The predicted molar refractivity (Wildman–Crippen MR) is 140 cm³/mol. The molecule has 0 aliphatic carbocycles. The summed E-state index contributed by atoms with van der Waals surface area (Å²) in [6.07, 6.45) is 8.19. The molecule has 1 fully saturated rings. The molecule has 1 unspecified atom stereocenters. The number of anilines is 1. The maximum absolute atomic E-state index is 13.2. The first-order chi connectivity index (χ1) is 18.1. The number of aromatic nitrogens is 4. The van der Waals surface area contributed by atoms with E-state index in [1.54, 1.807) is 25.6 Å². The summed E-state index contributed by atoms with van der Waals surface area (Å²) in [5.41, 5.74) is 3.91. The summed E-state index contributed by atoms with van der Waals surface area (Å²) in [7, 11) is 1.67. The van der Waals surface area contributed by atoms with E-state index in [0.29, 0.717) is 31.0 Å². The number of aromatic amines is 1. The molecule has 2 aromatic heterocycles. The predicted octanol–water partition coefficient (Wildman–Crippen LogP) is 4.08. The van der Waals surface area contributed by atoms with Gasteiger partial charge in [-0.1, -0.05) is 30.3 Å². The first-order valence-electron chi connectivity index (χ1n) is 12.4. The van der Waals surface area contributed by atoms with Gasteiger partial charge in [-0.3, -0.25) is 24.6 Å². The number of benzene rings is 2. The second-order valence-electron chi connectivity index (χ2n) is 9.12. The van der Waals surface area contributed by atoms with Crippen molar-refractivity contribution in [2.75, 3.05) is 25.6 Å². The molecule has 9 heteroatoms. The lowest BCUT2D eigenvalue weighted by Gasteiger charge is -2.24. The van der Waals surface area contributed by atoms with Gasteiger partial charge in [0, 0.05) is 55.7 Å². The van der Waals surface area contributed by atoms with Crippen LogP contribution in [0.3, 0.4) is 0 Å². The SMILES string of the molecule is COCC1CCCN1C(=O)CCc1cn(-c2ccccc2)c(NC(=O)c2cccc(-c3cn[nH]c3)c2)n1. The monoisotopic (exact) mass is 498 g/mol. The molecular formula is C28H30N6O3. The lowest BCUT2D eigenvalue weighted by molar-refractivity contribution is -0.132. The lowest BCUT2D eigenvalue weighted by atomic mass is 10.1. The summed E-state index contributed by atoms with van der Waals surface area (Å²) >= 11 is 0. The average Bonchev–Trinajstić information content (AvgIpc) is 3.70. The largest absolute Gasteiger partial charge is 0.383 e. The van der Waals surface area contributed by atoms with E-state index in [1.165, 1.54) is 0 Å². The van der Waals surface area contributed by atoms with Gasteiger partial charge in [-0.15, -0.1) is 0 Å². The summed E-state index contributed by atoms with van der Waals surface area (Å²) in [5.74, 6) is 0.247. The minimum Gasteiger partial charge on any atom is -0.383 e. The molecule has 3 heterocycles. The van der Waals surface area contributed by atoms with Crippen molar-refractivity contribution >= 4 is 17.8 Å². The molecule has 1 atom stereocenters. The highest BCUT2D eigenvalue weighted by atomic mass is 16.5. The number of H-pyrrole nitrogens is 1.